The zero-order chi connectivity index (χ0) is 16.5. The van der Waals surface area contributed by atoms with Crippen molar-refractivity contribution in [3.05, 3.63) is 64.6 Å². The van der Waals surface area contributed by atoms with Crippen LogP contribution in [0.1, 0.15) is 5.56 Å². The Kier molecular flexibility index (Phi) is 3.42. The Hall–Kier alpha value is -3.28. The fourth-order valence-corrected chi connectivity index (χ4v) is 2.73. The molecule has 0 aliphatic carbocycles. The van der Waals surface area contributed by atoms with Gasteiger partial charge < -0.3 is 15.0 Å². The van der Waals surface area contributed by atoms with E-state index in [2.05, 4.69) is 20.5 Å². The molecule has 0 atom stereocenters. The quantitative estimate of drug-likeness (QED) is 0.540. The van der Waals surface area contributed by atoms with E-state index in [-0.39, 0.29) is 5.56 Å². The van der Waals surface area contributed by atoms with Crippen LogP contribution >= 0.6 is 0 Å². The van der Waals surface area contributed by atoms with Crippen LogP contribution in [0.4, 0.5) is 5.69 Å². The fraction of sp³-hybridized carbons (Fsp3) is 0.111. The third-order valence-electron chi connectivity index (χ3n) is 4.05. The third kappa shape index (κ3) is 2.58. The molecule has 0 aliphatic heterocycles. The van der Waals surface area contributed by atoms with Gasteiger partial charge in [-0.1, -0.05) is 0 Å². The summed E-state index contributed by atoms with van der Waals surface area (Å²) in [5, 5.41) is 12.2. The highest BCUT2D eigenvalue weighted by atomic mass is 16.5. The zero-order valence-electron chi connectivity index (χ0n) is 13.1. The maximum Gasteiger partial charge on any atom is 0.253 e. The van der Waals surface area contributed by atoms with Gasteiger partial charge in [-0.3, -0.25) is 9.89 Å². The molecule has 0 amide bonds. The molecule has 0 fully saturated rings. The molecule has 0 radical (unpaired) electrons. The van der Waals surface area contributed by atoms with Crippen molar-refractivity contribution in [3.63, 3.8) is 0 Å². The summed E-state index contributed by atoms with van der Waals surface area (Å²) in [4.78, 5) is 15.2. The molecule has 0 bridgehead atoms. The van der Waals surface area contributed by atoms with Crippen molar-refractivity contribution in [2.24, 2.45) is 0 Å². The zero-order valence-corrected chi connectivity index (χ0v) is 13.1. The molecular formula is C18H16N4O2. The van der Waals surface area contributed by atoms with Crippen LogP contribution in [-0.2, 0) is 6.54 Å². The Morgan fingerprint density at radius 3 is 2.88 bits per heavy atom. The molecule has 3 N–H and O–H groups in total. The van der Waals surface area contributed by atoms with Crippen LogP contribution in [0, 0.1) is 0 Å². The Morgan fingerprint density at radius 2 is 2.00 bits per heavy atom. The number of hydrogen-bond acceptors (Lipinski definition) is 4. The predicted molar refractivity (Wildman–Crippen MR) is 94.5 cm³/mol. The van der Waals surface area contributed by atoms with E-state index in [1.807, 2.05) is 42.5 Å². The number of benzene rings is 2. The van der Waals surface area contributed by atoms with Crippen LogP contribution in [0.25, 0.3) is 21.8 Å². The number of methoxy groups -OCH3 is 1. The third-order valence-corrected chi connectivity index (χ3v) is 4.05. The molecule has 4 rings (SSSR count). The van der Waals surface area contributed by atoms with Crippen molar-refractivity contribution < 1.29 is 4.74 Å². The van der Waals surface area contributed by atoms with Crippen LogP contribution in [0.2, 0.25) is 0 Å². The average molecular weight is 320 g/mol. The summed E-state index contributed by atoms with van der Waals surface area (Å²) in [5.41, 5.74) is 3.27. The van der Waals surface area contributed by atoms with Gasteiger partial charge in [-0.15, -0.1) is 0 Å². The molecule has 0 unspecified atom stereocenters. The monoisotopic (exact) mass is 320 g/mol. The Morgan fingerprint density at radius 1 is 1.08 bits per heavy atom. The number of aromatic amines is 2. The Bertz CT molecular complexity index is 1080. The summed E-state index contributed by atoms with van der Waals surface area (Å²) in [6.07, 6.45) is 1.77. The number of anilines is 1. The number of ether oxygens (including phenoxy) is 1. The molecule has 2 aromatic heterocycles. The first-order valence-electron chi connectivity index (χ1n) is 7.60. The number of pyridine rings is 1. The van der Waals surface area contributed by atoms with Gasteiger partial charge in [0.25, 0.3) is 5.56 Å². The van der Waals surface area contributed by atoms with E-state index in [4.69, 9.17) is 4.74 Å². The molecule has 120 valence electrons. The lowest BCUT2D eigenvalue weighted by Gasteiger charge is -2.08. The number of rotatable bonds is 4. The number of aromatic nitrogens is 3. The number of fused-ring (bicyclic) bond motifs is 2. The molecule has 0 spiro atoms. The fourth-order valence-electron chi connectivity index (χ4n) is 2.73. The lowest BCUT2D eigenvalue weighted by molar-refractivity contribution is 0.415. The number of H-pyrrole nitrogens is 2. The minimum absolute atomic E-state index is 0.104. The molecule has 0 saturated heterocycles. The van der Waals surface area contributed by atoms with Crippen molar-refractivity contribution >= 4 is 27.5 Å². The molecule has 6 nitrogen and oxygen atoms in total. The van der Waals surface area contributed by atoms with Crippen molar-refractivity contribution in [1.29, 1.82) is 0 Å². The maximum atomic E-state index is 12.3. The van der Waals surface area contributed by atoms with Gasteiger partial charge in [0.05, 0.1) is 24.3 Å². The molecule has 0 aliphatic rings. The summed E-state index contributed by atoms with van der Waals surface area (Å²) in [6, 6.07) is 13.5. The van der Waals surface area contributed by atoms with E-state index >= 15 is 0 Å². The van der Waals surface area contributed by atoms with Gasteiger partial charge >= 0.3 is 0 Å². The summed E-state index contributed by atoms with van der Waals surface area (Å²) in [6.45, 7) is 0.445. The summed E-state index contributed by atoms with van der Waals surface area (Å²) in [5.74, 6) is 0.720. The SMILES string of the molecule is COc1ccc2cc(CNc3ccc4[nH]ncc4c3)c(=O)[nH]c2c1. The molecule has 4 aromatic rings. The second kappa shape index (κ2) is 5.73. The van der Waals surface area contributed by atoms with Gasteiger partial charge in [0.2, 0.25) is 0 Å². The first-order valence-corrected chi connectivity index (χ1v) is 7.60. The summed E-state index contributed by atoms with van der Waals surface area (Å²) in [7, 11) is 1.61. The van der Waals surface area contributed by atoms with Crippen molar-refractivity contribution in [2.45, 2.75) is 6.54 Å². The van der Waals surface area contributed by atoms with Crippen molar-refractivity contribution in [2.75, 3.05) is 12.4 Å². The minimum atomic E-state index is -0.104. The van der Waals surface area contributed by atoms with Gasteiger partial charge in [-0.25, -0.2) is 0 Å². The normalized spacial score (nSPS) is 11.0. The molecular weight excluding hydrogens is 304 g/mol. The highest BCUT2D eigenvalue weighted by molar-refractivity contribution is 5.82. The standard InChI is InChI=1S/C18H16N4O2/c1-24-15-4-2-11-6-13(18(23)21-17(11)8-15)9-19-14-3-5-16-12(7-14)10-20-22-16/h2-8,10,19H,9H2,1H3,(H,20,22)(H,21,23). The van der Waals surface area contributed by atoms with Gasteiger partial charge in [0.1, 0.15) is 5.75 Å². The first kappa shape index (κ1) is 14.3. The van der Waals surface area contributed by atoms with Gasteiger partial charge in [-0.2, -0.15) is 5.10 Å². The number of hydrogen-bond donors (Lipinski definition) is 3. The van der Waals surface area contributed by atoms with E-state index in [1.54, 1.807) is 13.3 Å². The van der Waals surface area contributed by atoms with Gasteiger partial charge in [-0.05, 0) is 41.8 Å². The highest BCUT2D eigenvalue weighted by Crippen LogP contribution is 2.20. The van der Waals surface area contributed by atoms with E-state index < -0.39 is 0 Å². The Labute approximate surface area is 137 Å². The topological polar surface area (TPSA) is 82.8 Å². The van der Waals surface area contributed by atoms with Gasteiger partial charge in [0.15, 0.2) is 0 Å². The summed E-state index contributed by atoms with van der Waals surface area (Å²) < 4.78 is 5.18. The predicted octanol–water partition coefficient (Wildman–Crippen LogP) is 3.03. The lowest BCUT2D eigenvalue weighted by Crippen LogP contribution is -2.15. The van der Waals surface area contributed by atoms with E-state index in [9.17, 15) is 4.79 Å². The van der Waals surface area contributed by atoms with E-state index in [0.29, 0.717) is 12.1 Å². The lowest BCUT2D eigenvalue weighted by atomic mass is 10.1. The maximum absolute atomic E-state index is 12.3. The second-order valence-electron chi connectivity index (χ2n) is 5.60. The van der Waals surface area contributed by atoms with E-state index in [1.165, 1.54) is 0 Å². The molecule has 24 heavy (non-hydrogen) atoms. The molecule has 2 aromatic carbocycles. The summed E-state index contributed by atoms with van der Waals surface area (Å²) >= 11 is 0. The van der Waals surface area contributed by atoms with Crippen molar-refractivity contribution in [1.82, 2.24) is 15.2 Å². The van der Waals surface area contributed by atoms with Crippen molar-refractivity contribution in [3.8, 4) is 5.75 Å². The van der Waals surface area contributed by atoms with E-state index in [0.717, 1.165) is 33.2 Å². The highest BCUT2D eigenvalue weighted by Gasteiger charge is 2.05. The Balaban J connectivity index is 1.61. The smallest absolute Gasteiger partial charge is 0.253 e. The second-order valence-corrected chi connectivity index (χ2v) is 5.60. The molecule has 2 heterocycles. The average Bonchev–Trinajstić information content (AvgIpc) is 3.07. The van der Waals surface area contributed by atoms with Crippen LogP contribution in [-0.4, -0.2) is 22.3 Å². The van der Waals surface area contributed by atoms with Crippen LogP contribution < -0.4 is 15.6 Å². The van der Waals surface area contributed by atoms with Gasteiger partial charge in [0, 0.05) is 29.2 Å². The van der Waals surface area contributed by atoms with Crippen LogP contribution in [0.5, 0.6) is 5.75 Å². The number of nitrogens with one attached hydrogen (secondary N) is 3. The minimum Gasteiger partial charge on any atom is -0.497 e. The molecule has 6 heteroatoms. The van der Waals surface area contributed by atoms with Crippen LogP contribution in [0.3, 0.4) is 0 Å². The first-order chi connectivity index (χ1) is 11.7. The number of nitrogens with zero attached hydrogens (tertiary/aromatic N) is 1. The molecule has 0 saturated carbocycles. The largest absolute Gasteiger partial charge is 0.497 e. The van der Waals surface area contributed by atoms with Crippen LogP contribution in [0.15, 0.2) is 53.5 Å².